The molecular weight excluding hydrogens is 147 g/mol. The summed E-state index contributed by atoms with van der Waals surface area (Å²) < 4.78 is 12.7. The summed E-state index contributed by atoms with van der Waals surface area (Å²) in [6.45, 7) is 4.30. The molecule has 11 heavy (non-hydrogen) atoms. The van der Waals surface area contributed by atoms with Crippen LogP contribution in [-0.2, 0) is 4.79 Å². The summed E-state index contributed by atoms with van der Waals surface area (Å²) in [5, 5.41) is 8.60. The Morgan fingerprint density at radius 2 is 1.82 bits per heavy atom. The SMILES string of the molecule is CC(C)=C(F)C(=O)/C=C(/C)O. The number of aliphatic hydroxyl groups is 1. The minimum absolute atomic E-state index is 0.189. The molecule has 0 aromatic heterocycles. The van der Waals surface area contributed by atoms with Gasteiger partial charge < -0.3 is 5.11 Å². The Labute approximate surface area is 65.0 Å². The number of hydrogen-bond acceptors (Lipinski definition) is 2. The smallest absolute Gasteiger partial charge is 0.217 e. The highest BCUT2D eigenvalue weighted by atomic mass is 19.1. The first-order chi connectivity index (χ1) is 4.95. The van der Waals surface area contributed by atoms with E-state index in [1.807, 2.05) is 0 Å². The van der Waals surface area contributed by atoms with Gasteiger partial charge in [0.05, 0.1) is 5.76 Å². The molecule has 0 aliphatic heterocycles. The Morgan fingerprint density at radius 1 is 1.36 bits per heavy atom. The fourth-order valence-electron chi connectivity index (χ4n) is 0.499. The highest BCUT2D eigenvalue weighted by Crippen LogP contribution is 2.07. The zero-order valence-electron chi connectivity index (χ0n) is 6.81. The molecule has 62 valence electrons. The summed E-state index contributed by atoms with van der Waals surface area (Å²) in [6, 6.07) is 0. The number of hydrogen-bond donors (Lipinski definition) is 1. The van der Waals surface area contributed by atoms with Gasteiger partial charge in [-0.15, -0.1) is 0 Å². The summed E-state index contributed by atoms with van der Waals surface area (Å²) in [5.74, 6) is -1.78. The van der Waals surface area contributed by atoms with Crippen molar-refractivity contribution in [2.75, 3.05) is 0 Å². The summed E-state index contributed by atoms with van der Waals surface area (Å²) >= 11 is 0. The van der Waals surface area contributed by atoms with Crippen molar-refractivity contribution in [2.45, 2.75) is 20.8 Å². The van der Waals surface area contributed by atoms with Crippen LogP contribution in [-0.4, -0.2) is 10.9 Å². The number of aliphatic hydroxyl groups excluding tert-OH is 1. The van der Waals surface area contributed by atoms with E-state index < -0.39 is 11.6 Å². The molecule has 0 radical (unpaired) electrons. The van der Waals surface area contributed by atoms with Gasteiger partial charge in [-0.25, -0.2) is 4.39 Å². The molecule has 0 saturated carbocycles. The van der Waals surface area contributed by atoms with Gasteiger partial charge in [0.1, 0.15) is 0 Å². The van der Waals surface area contributed by atoms with E-state index in [9.17, 15) is 9.18 Å². The average Bonchev–Trinajstić information content (AvgIpc) is 1.84. The lowest BCUT2D eigenvalue weighted by atomic mass is 10.2. The fourth-order valence-corrected chi connectivity index (χ4v) is 0.499. The number of rotatable bonds is 2. The van der Waals surface area contributed by atoms with Crippen LogP contribution in [0.2, 0.25) is 0 Å². The van der Waals surface area contributed by atoms with E-state index in [1.165, 1.54) is 20.8 Å². The van der Waals surface area contributed by atoms with Gasteiger partial charge >= 0.3 is 0 Å². The minimum atomic E-state index is -0.807. The zero-order chi connectivity index (χ0) is 9.02. The van der Waals surface area contributed by atoms with E-state index in [-0.39, 0.29) is 5.76 Å². The molecule has 0 fully saturated rings. The summed E-state index contributed by atoms with van der Waals surface area (Å²) in [6.07, 6.45) is 0.850. The Bertz CT molecular complexity index is 218. The normalized spacial score (nSPS) is 11.1. The molecule has 2 nitrogen and oxygen atoms in total. The topological polar surface area (TPSA) is 37.3 Å². The molecule has 0 aromatic carbocycles. The molecule has 0 heterocycles. The van der Waals surface area contributed by atoms with Crippen LogP contribution < -0.4 is 0 Å². The van der Waals surface area contributed by atoms with Crippen LogP contribution in [0.3, 0.4) is 0 Å². The minimum Gasteiger partial charge on any atom is -0.512 e. The molecule has 0 aliphatic rings. The maximum absolute atomic E-state index is 12.7. The van der Waals surface area contributed by atoms with E-state index in [4.69, 9.17) is 5.11 Å². The predicted octanol–water partition coefficient (Wildman–Crippen LogP) is 2.28. The van der Waals surface area contributed by atoms with Crippen molar-refractivity contribution in [3.8, 4) is 0 Å². The van der Waals surface area contributed by atoms with Gasteiger partial charge in [0.15, 0.2) is 5.83 Å². The third-order valence-electron chi connectivity index (χ3n) is 0.995. The van der Waals surface area contributed by atoms with Gasteiger partial charge in [-0.2, -0.15) is 0 Å². The number of carbonyl (C=O) groups excluding carboxylic acids is 1. The van der Waals surface area contributed by atoms with Crippen molar-refractivity contribution < 1.29 is 14.3 Å². The van der Waals surface area contributed by atoms with Gasteiger partial charge in [0, 0.05) is 6.08 Å². The lowest BCUT2D eigenvalue weighted by molar-refractivity contribution is -0.112. The van der Waals surface area contributed by atoms with Crippen molar-refractivity contribution in [1.82, 2.24) is 0 Å². The summed E-state index contributed by atoms with van der Waals surface area (Å²) in [4.78, 5) is 10.7. The quantitative estimate of drug-likeness (QED) is 0.494. The van der Waals surface area contributed by atoms with Gasteiger partial charge in [-0.1, -0.05) is 0 Å². The number of allylic oxidation sites excluding steroid dienone is 4. The van der Waals surface area contributed by atoms with E-state index in [1.54, 1.807) is 0 Å². The van der Waals surface area contributed by atoms with Crippen LogP contribution in [0.25, 0.3) is 0 Å². The molecule has 0 aliphatic carbocycles. The van der Waals surface area contributed by atoms with Crippen molar-refractivity contribution in [2.24, 2.45) is 0 Å². The largest absolute Gasteiger partial charge is 0.512 e. The standard InChI is InChI=1S/C8H11FO2/c1-5(2)8(9)7(11)4-6(3)10/h4,10H,1-3H3/b6-4-. The molecular formula is C8H11FO2. The second-order valence-electron chi connectivity index (χ2n) is 2.46. The highest BCUT2D eigenvalue weighted by molar-refractivity contribution is 6.02. The van der Waals surface area contributed by atoms with Crippen LogP contribution in [0, 0.1) is 0 Å². The first-order valence-electron chi connectivity index (χ1n) is 3.19. The van der Waals surface area contributed by atoms with Crippen molar-refractivity contribution in [3.63, 3.8) is 0 Å². The van der Waals surface area contributed by atoms with Gasteiger partial charge in [0.2, 0.25) is 5.78 Å². The van der Waals surface area contributed by atoms with Gasteiger partial charge in [0.25, 0.3) is 0 Å². The zero-order valence-corrected chi connectivity index (χ0v) is 6.81. The van der Waals surface area contributed by atoms with Crippen molar-refractivity contribution >= 4 is 5.78 Å². The molecule has 1 N–H and O–H groups in total. The Balaban J connectivity index is 4.54. The Morgan fingerprint density at radius 3 is 2.09 bits per heavy atom. The Hall–Kier alpha value is -1.12. The second-order valence-corrected chi connectivity index (χ2v) is 2.46. The van der Waals surface area contributed by atoms with E-state index in [0.29, 0.717) is 5.57 Å². The second kappa shape index (κ2) is 3.91. The van der Waals surface area contributed by atoms with Crippen LogP contribution >= 0.6 is 0 Å². The molecule has 0 atom stereocenters. The maximum Gasteiger partial charge on any atom is 0.217 e. The van der Waals surface area contributed by atoms with Gasteiger partial charge in [-0.05, 0) is 26.3 Å². The third-order valence-corrected chi connectivity index (χ3v) is 0.995. The van der Waals surface area contributed by atoms with Crippen LogP contribution in [0.4, 0.5) is 4.39 Å². The molecule has 0 bridgehead atoms. The van der Waals surface area contributed by atoms with Gasteiger partial charge in [-0.3, -0.25) is 4.79 Å². The van der Waals surface area contributed by atoms with E-state index >= 15 is 0 Å². The molecule has 0 aromatic rings. The van der Waals surface area contributed by atoms with Crippen LogP contribution in [0.5, 0.6) is 0 Å². The van der Waals surface area contributed by atoms with Crippen molar-refractivity contribution in [1.29, 1.82) is 0 Å². The lowest BCUT2D eigenvalue weighted by Gasteiger charge is -1.93. The number of ketones is 1. The van der Waals surface area contributed by atoms with E-state index in [2.05, 4.69) is 0 Å². The molecule has 0 saturated heterocycles. The maximum atomic E-state index is 12.7. The van der Waals surface area contributed by atoms with Crippen molar-refractivity contribution in [3.05, 3.63) is 23.2 Å². The number of carbonyl (C=O) groups is 1. The predicted molar refractivity (Wildman–Crippen MR) is 40.9 cm³/mol. The van der Waals surface area contributed by atoms with E-state index in [0.717, 1.165) is 6.08 Å². The molecule has 0 rings (SSSR count). The highest BCUT2D eigenvalue weighted by Gasteiger charge is 2.06. The lowest BCUT2D eigenvalue weighted by Crippen LogP contribution is -1.96. The molecule has 3 heteroatoms. The Kier molecular flexibility index (Phi) is 3.51. The fraction of sp³-hybridized carbons (Fsp3) is 0.375. The molecule has 0 spiro atoms. The van der Waals surface area contributed by atoms with Crippen LogP contribution in [0.15, 0.2) is 23.2 Å². The monoisotopic (exact) mass is 158 g/mol. The summed E-state index contributed by atoms with van der Waals surface area (Å²) in [7, 11) is 0. The van der Waals surface area contributed by atoms with Crippen LogP contribution in [0.1, 0.15) is 20.8 Å². The first kappa shape index (κ1) is 9.88. The molecule has 0 amide bonds. The number of halogens is 1. The summed E-state index contributed by atoms with van der Waals surface area (Å²) in [5.41, 5.74) is 0.312. The average molecular weight is 158 g/mol. The third kappa shape index (κ3) is 3.55. The molecule has 0 unspecified atom stereocenters. The first-order valence-corrected chi connectivity index (χ1v) is 3.19.